The van der Waals surface area contributed by atoms with E-state index >= 15 is 0 Å². The van der Waals surface area contributed by atoms with Crippen molar-refractivity contribution in [2.75, 3.05) is 13.2 Å². The maximum atomic E-state index is 11.2. The molecule has 0 aromatic rings. The third-order valence-electron chi connectivity index (χ3n) is 2.26. The lowest BCUT2D eigenvalue weighted by Crippen LogP contribution is -2.20. The van der Waals surface area contributed by atoms with Gasteiger partial charge in [-0.25, -0.2) is 0 Å². The molecule has 3 heteroatoms. The van der Waals surface area contributed by atoms with Gasteiger partial charge in [-0.2, -0.15) is 0 Å². The van der Waals surface area contributed by atoms with Gasteiger partial charge in [-0.05, 0) is 19.3 Å². The van der Waals surface area contributed by atoms with E-state index < -0.39 is 0 Å². The molecule has 0 radical (unpaired) electrons. The van der Waals surface area contributed by atoms with Gasteiger partial charge in [0.1, 0.15) is 0 Å². The number of hydrogen-bond acceptors (Lipinski definition) is 3. The van der Waals surface area contributed by atoms with Crippen molar-refractivity contribution in [2.24, 2.45) is 5.92 Å². The largest absolute Gasteiger partial charge is 0.465 e. The highest BCUT2D eigenvalue weighted by atomic mass is 16.6. The highest BCUT2D eigenvalue weighted by Gasteiger charge is 2.39. The average Bonchev–Trinajstić information content (AvgIpc) is 2.74. The Morgan fingerprint density at radius 1 is 1.36 bits per heavy atom. The summed E-state index contributed by atoms with van der Waals surface area (Å²) in [6.07, 6.45) is 3.23. The number of ether oxygens (including phenoxy) is 2. The highest BCUT2D eigenvalue weighted by molar-refractivity contribution is 5.73. The van der Waals surface area contributed by atoms with E-state index in [2.05, 4.69) is 0 Å². The summed E-state index contributed by atoms with van der Waals surface area (Å²) in [5.74, 6) is -0.0116. The minimum atomic E-state index is -0.0509. The molecule has 0 aliphatic carbocycles. The van der Waals surface area contributed by atoms with E-state index in [1.54, 1.807) is 0 Å². The second-order valence-corrected chi connectivity index (χ2v) is 3.14. The molecule has 0 aromatic heterocycles. The summed E-state index contributed by atoms with van der Waals surface area (Å²) in [4.78, 5) is 11.2. The van der Waals surface area contributed by atoms with Crippen molar-refractivity contribution in [2.45, 2.75) is 25.4 Å². The van der Waals surface area contributed by atoms with Crippen LogP contribution in [0, 0.1) is 5.92 Å². The summed E-state index contributed by atoms with van der Waals surface area (Å²) >= 11 is 0. The van der Waals surface area contributed by atoms with Crippen molar-refractivity contribution in [3.05, 3.63) is 0 Å². The minimum Gasteiger partial charge on any atom is -0.465 e. The summed E-state index contributed by atoms with van der Waals surface area (Å²) in [5, 5.41) is 0. The molecule has 2 saturated heterocycles. The van der Waals surface area contributed by atoms with Crippen LogP contribution >= 0.6 is 0 Å². The first-order valence-corrected chi connectivity index (χ1v) is 4.16. The van der Waals surface area contributed by atoms with Crippen LogP contribution in [0.5, 0.6) is 0 Å². The smallest absolute Gasteiger partial charge is 0.311 e. The number of esters is 1. The summed E-state index contributed by atoms with van der Waals surface area (Å²) in [7, 11) is 0. The molecule has 11 heavy (non-hydrogen) atoms. The molecule has 2 aliphatic rings. The van der Waals surface area contributed by atoms with Crippen LogP contribution in [0.4, 0.5) is 0 Å². The maximum Gasteiger partial charge on any atom is 0.311 e. The quantitative estimate of drug-likeness (QED) is 0.415. The second kappa shape index (κ2) is 2.81. The molecule has 2 unspecified atom stereocenters. The molecule has 2 atom stereocenters. The molecule has 62 valence electrons. The van der Waals surface area contributed by atoms with Crippen molar-refractivity contribution in [1.82, 2.24) is 0 Å². The predicted molar refractivity (Wildman–Crippen MR) is 38.0 cm³/mol. The lowest BCUT2D eigenvalue weighted by Gasteiger charge is -2.07. The summed E-state index contributed by atoms with van der Waals surface area (Å²) in [6.45, 7) is 1.35. The van der Waals surface area contributed by atoms with Crippen molar-refractivity contribution in [1.29, 1.82) is 0 Å². The molecular weight excluding hydrogens is 144 g/mol. The minimum absolute atomic E-state index is 0.0394. The fraction of sp³-hybridized carbons (Fsp3) is 0.875. The summed E-state index contributed by atoms with van der Waals surface area (Å²) < 4.78 is 10.1. The fourth-order valence-electron chi connectivity index (χ4n) is 1.49. The standard InChI is InChI=1S/C8H12O3/c9-8-6(7-5-11-7)3-1-2-4-10-8/h6-7H,1-5H2. The predicted octanol–water partition coefficient (Wildman–Crippen LogP) is 0.729. The Morgan fingerprint density at radius 2 is 2.18 bits per heavy atom. The van der Waals surface area contributed by atoms with Gasteiger partial charge in [0.25, 0.3) is 0 Å². The van der Waals surface area contributed by atoms with Crippen LogP contribution < -0.4 is 0 Å². The van der Waals surface area contributed by atoms with Crippen LogP contribution in [0.3, 0.4) is 0 Å². The third kappa shape index (κ3) is 1.53. The molecule has 2 fully saturated rings. The third-order valence-corrected chi connectivity index (χ3v) is 2.26. The number of hydrogen-bond donors (Lipinski definition) is 0. The van der Waals surface area contributed by atoms with Crippen molar-refractivity contribution >= 4 is 5.97 Å². The number of epoxide rings is 1. The summed E-state index contributed by atoms with van der Waals surface area (Å²) in [5.41, 5.74) is 0. The van der Waals surface area contributed by atoms with Crippen LogP contribution in [-0.2, 0) is 14.3 Å². The molecular formula is C8H12O3. The van der Waals surface area contributed by atoms with Gasteiger partial charge in [-0.15, -0.1) is 0 Å². The molecule has 3 nitrogen and oxygen atoms in total. The Bertz CT molecular complexity index is 163. The van der Waals surface area contributed by atoms with E-state index in [0.29, 0.717) is 6.61 Å². The Kier molecular flexibility index (Phi) is 1.82. The van der Waals surface area contributed by atoms with Crippen molar-refractivity contribution in [3.8, 4) is 0 Å². The van der Waals surface area contributed by atoms with Gasteiger partial charge >= 0.3 is 5.97 Å². The van der Waals surface area contributed by atoms with E-state index in [9.17, 15) is 4.79 Å². The molecule has 2 rings (SSSR count). The van der Waals surface area contributed by atoms with E-state index in [1.165, 1.54) is 0 Å². The van der Waals surface area contributed by atoms with Gasteiger partial charge in [0.2, 0.25) is 0 Å². The van der Waals surface area contributed by atoms with E-state index in [-0.39, 0.29) is 18.0 Å². The van der Waals surface area contributed by atoms with E-state index in [0.717, 1.165) is 25.9 Å². The zero-order chi connectivity index (χ0) is 7.68. The van der Waals surface area contributed by atoms with Gasteiger partial charge in [-0.1, -0.05) is 0 Å². The molecule has 0 saturated carbocycles. The number of carbonyl (C=O) groups is 1. The van der Waals surface area contributed by atoms with E-state index in [1.807, 2.05) is 0 Å². The monoisotopic (exact) mass is 156 g/mol. The maximum absolute atomic E-state index is 11.2. The average molecular weight is 156 g/mol. The van der Waals surface area contributed by atoms with Crippen LogP contribution in [0.15, 0.2) is 0 Å². The van der Waals surface area contributed by atoms with Gasteiger partial charge < -0.3 is 9.47 Å². The van der Waals surface area contributed by atoms with Gasteiger partial charge in [-0.3, -0.25) is 4.79 Å². The number of cyclic esters (lactones) is 1. The topological polar surface area (TPSA) is 38.8 Å². The molecule has 0 N–H and O–H groups in total. The van der Waals surface area contributed by atoms with Crippen LogP contribution in [0.1, 0.15) is 19.3 Å². The van der Waals surface area contributed by atoms with Gasteiger partial charge in [0.05, 0.1) is 25.2 Å². The molecule has 0 amide bonds. The first-order valence-electron chi connectivity index (χ1n) is 4.16. The normalized spacial score (nSPS) is 37.6. The lowest BCUT2D eigenvalue weighted by molar-refractivity contribution is -0.148. The van der Waals surface area contributed by atoms with Crippen molar-refractivity contribution < 1.29 is 14.3 Å². The number of carbonyl (C=O) groups excluding carboxylic acids is 1. The molecule has 2 aliphatic heterocycles. The zero-order valence-electron chi connectivity index (χ0n) is 6.41. The SMILES string of the molecule is O=C1OCCCCC1C1CO1. The Morgan fingerprint density at radius 3 is 2.91 bits per heavy atom. The first kappa shape index (κ1) is 7.10. The Labute approximate surface area is 65.7 Å². The van der Waals surface area contributed by atoms with Crippen LogP contribution in [0.2, 0.25) is 0 Å². The fourth-order valence-corrected chi connectivity index (χ4v) is 1.49. The van der Waals surface area contributed by atoms with Gasteiger partial charge in [0.15, 0.2) is 0 Å². The van der Waals surface area contributed by atoms with Crippen LogP contribution in [-0.4, -0.2) is 25.3 Å². The molecule has 0 aromatic carbocycles. The molecule has 2 heterocycles. The Balaban J connectivity index is 1.97. The lowest BCUT2D eigenvalue weighted by atomic mass is 10.0. The second-order valence-electron chi connectivity index (χ2n) is 3.14. The Hall–Kier alpha value is -0.570. The van der Waals surface area contributed by atoms with Gasteiger partial charge in [0, 0.05) is 0 Å². The van der Waals surface area contributed by atoms with E-state index in [4.69, 9.17) is 9.47 Å². The first-order chi connectivity index (χ1) is 5.38. The summed E-state index contributed by atoms with van der Waals surface area (Å²) in [6, 6.07) is 0. The number of rotatable bonds is 1. The van der Waals surface area contributed by atoms with Crippen LogP contribution in [0.25, 0.3) is 0 Å². The highest BCUT2D eigenvalue weighted by Crippen LogP contribution is 2.27. The molecule has 0 spiro atoms. The zero-order valence-corrected chi connectivity index (χ0v) is 6.41. The van der Waals surface area contributed by atoms with Crippen molar-refractivity contribution in [3.63, 3.8) is 0 Å². The molecule has 0 bridgehead atoms.